The van der Waals surface area contributed by atoms with E-state index in [1.807, 2.05) is 0 Å². The largest absolute Gasteiger partial charge is 0.488 e. The number of hydrogen-bond donors (Lipinski definition) is 1. The van der Waals surface area contributed by atoms with Gasteiger partial charge in [-0.05, 0) is 18.2 Å². The van der Waals surface area contributed by atoms with Gasteiger partial charge in [0.1, 0.15) is 12.4 Å². The molecule has 0 aliphatic heterocycles. The second-order valence-electron chi connectivity index (χ2n) is 2.64. The summed E-state index contributed by atoms with van der Waals surface area (Å²) < 4.78 is 28.3. The van der Waals surface area contributed by atoms with Crippen LogP contribution < -0.4 is 10.6 Å². The van der Waals surface area contributed by atoms with Gasteiger partial charge >= 0.3 is 5.97 Å². The molecular formula is C9H9F2NO3. The van der Waals surface area contributed by atoms with Gasteiger partial charge in [0.25, 0.3) is 6.43 Å². The normalized spacial score (nSPS) is 10.1. The Morgan fingerprint density at radius 1 is 1.47 bits per heavy atom. The predicted molar refractivity (Wildman–Crippen MR) is 47.5 cm³/mol. The molecule has 0 saturated carbocycles. The second-order valence-corrected chi connectivity index (χ2v) is 2.64. The minimum absolute atomic E-state index is 0.143. The Labute approximate surface area is 84.5 Å². The highest BCUT2D eigenvalue weighted by atomic mass is 19.3. The number of ether oxygens (including phenoxy) is 1. The number of carbonyl (C=O) groups is 1. The molecule has 15 heavy (non-hydrogen) atoms. The number of carbonyl (C=O) groups excluding carboxylic acids is 1. The standard InChI is InChI=1S/C9H9F2NO3/c10-8(11)5-14-7-3-1-2-6(4-7)9(13)15-12/h1-4,8H,5,12H2. The third-order valence-corrected chi connectivity index (χ3v) is 1.55. The fourth-order valence-corrected chi connectivity index (χ4v) is 0.940. The van der Waals surface area contributed by atoms with Crippen molar-refractivity contribution in [3.05, 3.63) is 29.8 Å². The van der Waals surface area contributed by atoms with E-state index in [9.17, 15) is 13.6 Å². The summed E-state index contributed by atoms with van der Waals surface area (Å²) in [6, 6.07) is 5.64. The van der Waals surface area contributed by atoms with E-state index in [1.54, 1.807) is 0 Å². The van der Waals surface area contributed by atoms with Crippen LogP contribution in [0.4, 0.5) is 8.78 Å². The van der Waals surface area contributed by atoms with E-state index < -0.39 is 19.0 Å². The third kappa shape index (κ3) is 3.51. The Morgan fingerprint density at radius 2 is 2.20 bits per heavy atom. The zero-order valence-corrected chi connectivity index (χ0v) is 7.65. The molecule has 82 valence electrons. The molecule has 0 saturated heterocycles. The Hall–Kier alpha value is -1.69. The molecule has 0 heterocycles. The van der Waals surface area contributed by atoms with Gasteiger partial charge in [-0.15, -0.1) is 0 Å². The number of hydrogen-bond acceptors (Lipinski definition) is 4. The summed E-state index contributed by atoms with van der Waals surface area (Å²) >= 11 is 0. The minimum atomic E-state index is -2.56. The van der Waals surface area contributed by atoms with Gasteiger partial charge in [0.15, 0.2) is 0 Å². The van der Waals surface area contributed by atoms with Crippen molar-refractivity contribution in [3.8, 4) is 5.75 Å². The summed E-state index contributed by atoms with van der Waals surface area (Å²) in [4.78, 5) is 14.9. The van der Waals surface area contributed by atoms with Gasteiger partial charge in [-0.1, -0.05) is 6.07 Å². The first-order valence-corrected chi connectivity index (χ1v) is 4.05. The SMILES string of the molecule is NOC(=O)c1cccc(OCC(F)F)c1. The molecule has 1 rings (SSSR count). The van der Waals surface area contributed by atoms with Gasteiger partial charge in [0, 0.05) is 0 Å². The van der Waals surface area contributed by atoms with Crippen LogP contribution in [0.5, 0.6) is 5.75 Å². The summed E-state index contributed by atoms with van der Waals surface area (Å²) in [6.07, 6.45) is -2.56. The van der Waals surface area contributed by atoms with Crippen molar-refractivity contribution in [2.24, 2.45) is 5.90 Å². The van der Waals surface area contributed by atoms with Crippen molar-refractivity contribution in [1.29, 1.82) is 0 Å². The molecule has 6 heteroatoms. The van der Waals surface area contributed by atoms with Crippen molar-refractivity contribution in [3.63, 3.8) is 0 Å². The molecule has 0 unspecified atom stereocenters. The van der Waals surface area contributed by atoms with Crippen molar-refractivity contribution in [2.45, 2.75) is 6.43 Å². The summed E-state index contributed by atoms with van der Waals surface area (Å²) in [5.74, 6) is 4.08. The average Bonchev–Trinajstić information content (AvgIpc) is 2.25. The first-order chi connectivity index (χ1) is 7.13. The fraction of sp³-hybridized carbons (Fsp3) is 0.222. The molecule has 0 radical (unpaired) electrons. The van der Waals surface area contributed by atoms with Crippen LogP contribution in [0.15, 0.2) is 24.3 Å². The number of benzene rings is 1. The molecule has 2 N–H and O–H groups in total. The van der Waals surface area contributed by atoms with Crippen molar-refractivity contribution >= 4 is 5.97 Å². The Kier molecular flexibility index (Phi) is 3.99. The van der Waals surface area contributed by atoms with Gasteiger partial charge in [-0.3, -0.25) is 0 Å². The van der Waals surface area contributed by atoms with E-state index in [2.05, 4.69) is 10.7 Å². The molecule has 0 aromatic heterocycles. The van der Waals surface area contributed by atoms with Crippen LogP contribution in [0.1, 0.15) is 10.4 Å². The van der Waals surface area contributed by atoms with Crippen LogP contribution >= 0.6 is 0 Å². The van der Waals surface area contributed by atoms with E-state index in [1.165, 1.54) is 24.3 Å². The van der Waals surface area contributed by atoms with Crippen molar-refractivity contribution in [1.82, 2.24) is 0 Å². The lowest BCUT2D eigenvalue weighted by atomic mass is 10.2. The van der Waals surface area contributed by atoms with Crippen LogP contribution in [0.25, 0.3) is 0 Å². The van der Waals surface area contributed by atoms with Gasteiger partial charge in [0.2, 0.25) is 0 Å². The highest BCUT2D eigenvalue weighted by Crippen LogP contribution is 2.14. The van der Waals surface area contributed by atoms with E-state index in [0.29, 0.717) is 0 Å². The molecule has 0 aliphatic rings. The molecule has 1 aromatic rings. The third-order valence-electron chi connectivity index (χ3n) is 1.55. The van der Waals surface area contributed by atoms with Gasteiger partial charge in [-0.25, -0.2) is 13.6 Å². The lowest BCUT2D eigenvalue weighted by Crippen LogP contribution is -2.11. The summed E-state index contributed by atoms with van der Waals surface area (Å²) in [5.41, 5.74) is 0.143. The maximum Gasteiger partial charge on any atom is 0.356 e. The lowest BCUT2D eigenvalue weighted by Gasteiger charge is -2.06. The van der Waals surface area contributed by atoms with Crippen molar-refractivity contribution in [2.75, 3.05) is 6.61 Å². The quantitative estimate of drug-likeness (QED) is 0.773. The number of alkyl halides is 2. The first kappa shape index (κ1) is 11.4. The lowest BCUT2D eigenvalue weighted by molar-refractivity contribution is 0.0502. The molecule has 0 amide bonds. The zero-order chi connectivity index (χ0) is 11.3. The van der Waals surface area contributed by atoms with Crippen LogP contribution in [-0.4, -0.2) is 19.0 Å². The van der Waals surface area contributed by atoms with Crippen LogP contribution in [-0.2, 0) is 4.84 Å². The summed E-state index contributed by atoms with van der Waals surface area (Å²) in [5, 5.41) is 0. The highest BCUT2D eigenvalue weighted by Gasteiger charge is 2.08. The highest BCUT2D eigenvalue weighted by molar-refractivity contribution is 5.89. The maximum absolute atomic E-state index is 11.8. The zero-order valence-electron chi connectivity index (χ0n) is 7.65. The Bertz CT molecular complexity index is 344. The van der Waals surface area contributed by atoms with Crippen molar-refractivity contribution < 1.29 is 23.1 Å². The summed E-state index contributed by atoms with van der Waals surface area (Å²) in [6.45, 7) is -0.721. The molecule has 4 nitrogen and oxygen atoms in total. The average molecular weight is 217 g/mol. The van der Waals surface area contributed by atoms with Gasteiger partial charge in [0.05, 0.1) is 5.56 Å². The fourth-order valence-electron chi connectivity index (χ4n) is 0.940. The smallest absolute Gasteiger partial charge is 0.356 e. The molecular weight excluding hydrogens is 208 g/mol. The molecule has 0 aliphatic carbocycles. The molecule has 1 aromatic carbocycles. The minimum Gasteiger partial charge on any atom is -0.488 e. The van der Waals surface area contributed by atoms with E-state index >= 15 is 0 Å². The summed E-state index contributed by atoms with van der Waals surface area (Å²) in [7, 11) is 0. The second kappa shape index (κ2) is 5.26. The van der Waals surface area contributed by atoms with E-state index in [-0.39, 0.29) is 11.3 Å². The van der Waals surface area contributed by atoms with Gasteiger partial charge in [-0.2, -0.15) is 5.90 Å². The maximum atomic E-state index is 11.8. The Morgan fingerprint density at radius 3 is 2.80 bits per heavy atom. The molecule has 0 fully saturated rings. The molecule has 0 spiro atoms. The Balaban J connectivity index is 2.70. The van der Waals surface area contributed by atoms with Crippen LogP contribution in [0.2, 0.25) is 0 Å². The van der Waals surface area contributed by atoms with Crippen LogP contribution in [0.3, 0.4) is 0 Å². The number of rotatable bonds is 4. The van der Waals surface area contributed by atoms with Gasteiger partial charge < -0.3 is 9.57 Å². The monoisotopic (exact) mass is 217 g/mol. The van der Waals surface area contributed by atoms with E-state index in [4.69, 9.17) is 4.74 Å². The molecule has 0 bridgehead atoms. The molecule has 0 atom stereocenters. The number of halogens is 2. The number of nitrogens with two attached hydrogens (primary N) is 1. The van der Waals surface area contributed by atoms with Crippen LogP contribution in [0, 0.1) is 0 Å². The predicted octanol–water partition coefficient (Wildman–Crippen LogP) is 1.36. The van der Waals surface area contributed by atoms with E-state index in [0.717, 1.165) is 0 Å². The topological polar surface area (TPSA) is 61.5 Å². The first-order valence-electron chi connectivity index (χ1n) is 4.05.